The van der Waals surface area contributed by atoms with Crippen molar-refractivity contribution in [1.82, 2.24) is 15.6 Å². The molecule has 2 N–H and O–H groups in total. The predicted molar refractivity (Wildman–Crippen MR) is 87.1 cm³/mol. The minimum absolute atomic E-state index is 0.0582. The minimum Gasteiger partial charge on any atom is -0.444 e. The Bertz CT molecular complexity index is 460. The maximum Gasteiger partial charge on any atom is 0.407 e. The summed E-state index contributed by atoms with van der Waals surface area (Å²) in [4.78, 5) is 15.9. The number of rotatable bonds is 6. The molecule has 118 valence electrons. The zero-order valence-electron chi connectivity index (χ0n) is 13.1. The number of nitrogens with zero attached hydrogens (tertiary/aromatic N) is 1. The number of hydrogen-bond acceptors (Lipinski definition) is 4. The standard InChI is InChI=1S/C15H24BrN3O2/c1-11(18-14(20)21-15(2,3)4)8-9-17-10-12-6-5-7-13(16)19-12/h5-7,11,17H,8-10H2,1-4H3,(H,18,20). The van der Waals surface area contributed by atoms with E-state index in [4.69, 9.17) is 4.74 Å². The Kier molecular flexibility index (Phi) is 7.11. The summed E-state index contributed by atoms with van der Waals surface area (Å²) in [6.45, 7) is 9.02. The van der Waals surface area contributed by atoms with E-state index in [1.54, 1.807) is 0 Å². The van der Waals surface area contributed by atoms with Gasteiger partial charge in [0, 0.05) is 12.6 Å². The molecule has 0 radical (unpaired) electrons. The maximum absolute atomic E-state index is 11.6. The summed E-state index contributed by atoms with van der Waals surface area (Å²) in [6, 6.07) is 5.89. The lowest BCUT2D eigenvalue weighted by atomic mass is 10.2. The number of nitrogens with one attached hydrogen (secondary N) is 2. The zero-order chi connectivity index (χ0) is 15.9. The van der Waals surface area contributed by atoms with E-state index >= 15 is 0 Å². The van der Waals surface area contributed by atoms with Gasteiger partial charge < -0.3 is 15.4 Å². The normalized spacial score (nSPS) is 12.8. The molecule has 0 saturated carbocycles. The molecule has 1 atom stereocenters. The summed E-state index contributed by atoms with van der Waals surface area (Å²) in [7, 11) is 0. The van der Waals surface area contributed by atoms with Crippen LogP contribution in [0.5, 0.6) is 0 Å². The van der Waals surface area contributed by atoms with Gasteiger partial charge in [-0.1, -0.05) is 6.07 Å². The van der Waals surface area contributed by atoms with Gasteiger partial charge in [0.05, 0.1) is 5.69 Å². The van der Waals surface area contributed by atoms with E-state index in [0.29, 0.717) is 6.54 Å². The third-order valence-corrected chi connectivity index (χ3v) is 3.04. The molecule has 0 aliphatic carbocycles. The molecule has 0 aliphatic heterocycles. The molecule has 0 fully saturated rings. The number of carbonyl (C=O) groups is 1. The molecule has 6 heteroatoms. The number of hydrogen-bond donors (Lipinski definition) is 2. The number of aromatic nitrogens is 1. The topological polar surface area (TPSA) is 63.2 Å². The minimum atomic E-state index is -0.464. The molecule has 1 unspecified atom stereocenters. The molecule has 0 saturated heterocycles. The van der Waals surface area contributed by atoms with Gasteiger partial charge >= 0.3 is 6.09 Å². The predicted octanol–water partition coefficient (Wildman–Crippen LogP) is 3.24. The van der Waals surface area contributed by atoms with Gasteiger partial charge in [-0.25, -0.2) is 9.78 Å². The number of pyridine rings is 1. The quantitative estimate of drug-likeness (QED) is 0.605. The molecule has 21 heavy (non-hydrogen) atoms. The molecule has 0 spiro atoms. The Morgan fingerprint density at radius 1 is 1.43 bits per heavy atom. The lowest BCUT2D eigenvalue weighted by molar-refractivity contribution is 0.0506. The second-order valence-electron chi connectivity index (χ2n) is 5.96. The van der Waals surface area contributed by atoms with Crippen LogP contribution in [0.2, 0.25) is 0 Å². The molecular weight excluding hydrogens is 334 g/mol. The molecule has 5 nitrogen and oxygen atoms in total. The van der Waals surface area contributed by atoms with E-state index in [1.807, 2.05) is 45.9 Å². The second-order valence-corrected chi connectivity index (χ2v) is 6.78. The average molecular weight is 358 g/mol. The summed E-state index contributed by atoms with van der Waals surface area (Å²) in [6.07, 6.45) is 0.455. The van der Waals surface area contributed by atoms with Crippen LogP contribution >= 0.6 is 15.9 Å². The Hall–Kier alpha value is -1.14. The summed E-state index contributed by atoms with van der Waals surface area (Å²) >= 11 is 3.35. The molecular formula is C15H24BrN3O2. The first-order chi connectivity index (χ1) is 9.76. The van der Waals surface area contributed by atoms with E-state index < -0.39 is 5.60 Å². The number of amides is 1. The van der Waals surface area contributed by atoms with Gasteiger partial charge in [0.2, 0.25) is 0 Å². The summed E-state index contributed by atoms with van der Waals surface area (Å²) < 4.78 is 6.05. The first kappa shape index (κ1) is 17.9. The van der Waals surface area contributed by atoms with Crippen LogP contribution in [0.3, 0.4) is 0 Å². The van der Waals surface area contributed by atoms with Crippen LogP contribution in [0.4, 0.5) is 4.79 Å². The van der Waals surface area contributed by atoms with Crippen LogP contribution in [0.25, 0.3) is 0 Å². The first-order valence-corrected chi connectivity index (χ1v) is 7.87. The van der Waals surface area contributed by atoms with E-state index in [9.17, 15) is 4.79 Å². The molecule has 1 rings (SSSR count). The van der Waals surface area contributed by atoms with Gasteiger partial charge in [0.1, 0.15) is 10.2 Å². The molecule has 1 aromatic heterocycles. The van der Waals surface area contributed by atoms with Crippen LogP contribution < -0.4 is 10.6 Å². The molecule has 0 aliphatic rings. The Morgan fingerprint density at radius 3 is 2.76 bits per heavy atom. The van der Waals surface area contributed by atoms with Gasteiger partial charge in [0.15, 0.2) is 0 Å². The highest BCUT2D eigenvalue weighted by Crippen LogP contribution is 2.07. The van der Waals surface area contributed by atoms with E-state index in [1.165, 1.54) is 0 Å². The SMILES string of the molecule is CC(CCNCc1cccc(Br)n1)NC(=O)OC(C)(C)C. The van der Waals surface area contributed by atoms with Gasteiger partial charge in [-0.15, -0.1) is 0 Å². The molecule has 1 aromatic rings. The highest BCUT2D eigenvalue weighted by Gasteiger charge is 2.17. The molecule has 0 bridgehead atoms. The number of ether oxygens (including phenoxy) is 1. The lowest BCUT2D eigenvalue weighted by Crippen LogP contribution is -2.38. The van der Waals surface area contributed by atoms with Crippen molar-refractivity contribution in [3.8, 4) is 0 Å². The van der Waals surface area contributed by atoms with E-state index in [0.717, 1.165) is 23.3 Å². The Morgan fingerprint density at radius 2 is 2.14 bits per heavy atom. The van der Waals surface area contributed by atoms with Crippen molar-refractivity contribution in [3.63, 3.8) is 0 Å². The van der Waals surface area contributed by atoms with E-state index in [-0.39, 0.29) is 12.1 Å². The van der Waals surface area contributed by atoms with Crippen molar-refractivity contribution in [2.24, 2.45) is 0 Å². The first-order valence-electron chi connectivity index (χ1n) is 7.08. The van der Waals surface area contributed by atoms with Gasteiger partial charge in [-0.2, -0.15) is 0 Å². The Balaban J connectivity index is 2.19. The van der Waals surface area contributed by atoms with Crippen LogP contribution in [-0.2, 0) is 11.3 Å². The third-order valence-electron chi connectivity index (χ3n) is 2.60. The summed E-state index contributed by atoms with van der Waals surface area (Å²) in [5, 5.41) is 6.13. The maximum atomic E-state index is 11.6. The van der Waals surface area contributed by atoms with Gasteiger partial charge in [-0.05, 0) is 68.7 Å². The largest absolute Gasteiger partial charge is 0.444 e. The van der Waals surface area contributed by atoms with Crippen LogP contribution in [0.1, 0.15) is 39.8 Å². The van der Waals surface area contributed by atoms with Crippen molar-refractivity contribution in [2.45, 2.75) is 52.3 Å². The van der Waals surface area contributed by atoms with Crippen molar-refractivity contribution >= 4 is 22.0 Å². The smallest absolute Gasteiger partial charge is 0.407 e. The highest BCUT2D eigenvalue weighted by atomic mass is 79.9. The fraction of sp³-hybridized carbons (Fsp3) is 0.600. The van der Waals surface area contributed by atoms with Crippen molar-refractivity contribution in [2.75, 3.05) is 6.54 Å². The number of carbonyl (C=O) groups excluding carboxylic acids is 1. The van der Waals surface area contributed by atoms with Crippen LogP contribution in [0.15, 0.2) is 22.8 Å². The van der Waals surface area contributed by atoms with Crippen molar-refractivity contribution in [3.05, 3.63) is 28.5 Å². The van der Waals surface area contributed by atoms with Gasteiger partial charge in [-0.3, -0.25) is 0 Å². The summed E-state index contributed by atoms with van der Waals surface area (Å²) in [5.41, 5.74) is 0.520. The number of alkyl carbamates (subject to hydrolysis) is 1. The number of halogens is 1. The Labute approximate surface area is 135 Å². The third kappa shape index (κ3) is 8.67. The highest BCUT2D eigenvalue weighted by molar-refractivity contribution is 9.10. The fourth-order valence-electron chi connectivity index (χ4n) is 1.66. The molecule has 1 heterocycles. The second kappa shape index (κ2) is 8.34. The zero-order valence-corrected chi connectivity index (χ0v) is 14.7. The van der Waals surface area contributed by atoms with Crippen molar-refractivity contribution < 1.29 is 9.53 Å². The van der Waals surface area contributed by atoms with Crippen LogP contribution in [0, 0.1) is 0 Å². The van der Waals surface area contributed by atoms with Crippen LogP contribution in [-0.4, -0.2) is 29.3 Å². The van der Waals surface area contributed by atoms with E-state index in [2.05, 4.69) is 31.5 Å². The lowest BCUT2D eigenvalue weighted by Gasteiger charge is -2.22. The monoisotopic (exact) mass is 357 g/mol. The molecule has 1 amide bonds. The van der Waals surface area contributed by atoms with Crippen molar-refractivity contribution in [1.29, 1.82) is 0 Å². The fourth-order valence-corrected chi connectivity index (χ4v) is 2.05. The van der Waals surface area contributed by atoms with Gasteiger partial charge in [0.25, 0.3) is 0 Å². The summed E-state index contributed by atoms with van der Waals surface area (Å²) in [5.74, 6) is 0. The average Bonchev–Trinajstić information content (AvgIpc) is 2.32. The molecule has 0 aromatic carbocycles.